The number of likely N-dealkylation sites (tertiary alicyclic amines) is 1. The largest absolute Gasteiger partial charge is 0.433 e. The second kappa shape index (κ2) is 8.75. The fraction of sp³-hybridized carbons (Fsp3) is 0.421. The Morgan fingerprint density at radius 2 is 2.00 bits per heavy atom. The number of anilines is 1. The zero-order valence-electron chi connectivity index (χ0n) is 15.1. The number of ether oxygens (including phenoxy) is 1. The first kappa shape index (κ1) is 19.0. The van der Waals surface area contributed by atoms with Crippen molar-refractivity contribution in [3.8, 4) is 5.75 Å². The maximum atomic E-state index is 12.5. The molecule has 144 valence electrons. The molecule has 0 spiro atoms. The van der Waals surface area contributed by atoms with Crippen LogP contribution in [0, 0.1) is 5.92 Å². The quantitative estimate of drug-likeness (QED) is 0.835. The first-order valence-corrected chi connectivity index (χ1v) is 8.90. The molecule has 1 N–H and O–H groups in total. The molecule has 0 unspecified atom stereocenters. The highest BCUT2D eigenvalue weighted by atomic mass is 19.3. The summed E-state index contributed by atoms with van der Waals surface area (Å²) >= 11 is 0. The zero-order valence-corrected chi connectivity index (χ0v) is 15.1. The second-order valence-corrected chi connectivity index (χ2v) is 6.62. The third-order valence-electron chi connectivity index (χ3n) is 4.55. The highest BCUT2D eigenvalue weighted by Gasteiger charge is 2.21. The Labute approximate surface area is 156 Å². The van der Waals surface area contributed by atoms with Gasteiger partial charge < -0.3 is 15.0 Å². The van der Waals surface area contributed by atoms with Crippen molar-refractivity contribution in [1.82, 2.24) is 14.9 Å². The summed E-state index contributed by atoms with van der Waals surface area (Å²) in [5.41, 5.74) is 1.22. The van der Waals surface area contributed by atoms with E-state index in [-0.39, 0.29) is 11.7 Å². The summed E-state index contributed by atoms with van der Waals surface area (Å²) in [6.07, 6.45) is 4.88. The summed E-state index contributed by atoms with van der Waals surface area (Å²) in [5, 5.41) is 3.09. The van der Waals surface area contributed by atoms with Crippen molar-refractivity contribution in [3.05, 3.63) is 47.9 Å². The van der Waals surface area contributed by atoms with Crippen molar-refractivity contribution in [2.45, 2.75) is 32.9 Å². The molecule has 0 saturated carbocycles. The number of carbonyl (C=O) groups excluding carboxylic acids is 1. The number of hydrogen-bond donors (Lipinski definition) is 1. The summed E-state index contributed by atoms with van der Waals surface area (Å²) in [6.45, 7) is 1.29. The number of rotatable bonds is 6. The number of hydrogen-bond acceptors (Lipinski definition) is 5. The van der Waals surface area contributed by atoms with Gasteiger partial charge in [-0.05, 0) is 43.0 Å². The van der Waals surface area contributed by atoms with Gasteiger partial charge in [0.15, 0.2) is 0 Å². The number of nitrogens with zero attached hydrogens (tertiary/aromatic N) is 3. The molecule has 1 aliphatic rings. The Morgan fingerprint density at radius 3 is 2.59 bits per heavy atom. The molecule has 1 saturated heterocycles. The van der Waals surface area contributed by atoms with Crippen LogP contribution in [0.2, 0.25) is 0 Å². The molecule has 3 rings (SSSR count). The summed E-state index contributed by atoms with van der Waals surface area (Å²) in [5.74, 6) is 1.30. The van der Waals surface area contributed by atoms with Crippen molar-refractivity contribution < 1.29 is 18.3 Å². The van der Waals surface area contributed by atoms with Gasteiger partial charge in [-0.1, -0.05) is 6.92 Å². The molecule has 1 aliphatic heterocycles. The van der Waals surface area contributed by atoms with E-state index in [0.717, 1.165) is 25.9 Å². The summed E-state index contributed by atoms with van der Waals surface area (Å²) in [4.78, 5) is 22.7. The van der Waals surface area contributed by atoms with Crippen LogP contribution >= 0.6 is 0 Å². The Kier molecular flexibility index (Phi) is 6.16. The van der Waals surface area contributed by atoms with Gasteiger partial charge in [-0.2, -0.15) is 8.78 Å². The second-order valence-electron chi connectivity index (χ2n) is 6.62. The molecule has 3 heterocycles. The van der Waals surface area contributed by atoms with Gasteiger partial charge in [-0.15, -0.1) is 0 Å². The van der Waals surface area contributed by atoms with Crippen molar-refractivity contribution in [2.24, 2.45) is 5.92 Å². The standard InChI is InChI=1S/C19H22F2N4O2/c1-13-6-8-25(9-7-13)18(26)14-2-5-17(23-10-14)24-11-15-3-4-16(12-22-15)27-19(20)21/h2-5,10,12-13,19H,6-9,11H2,1H3,(H,23,24). The van der Waals surface area contributed by atoms with Crippen LogP contribution in [0.25, 0.3) is 0 Å². The molecule has 1 amide bonds. The fourth-order valence-corrected chi connectivity index (χ4v) is 2.89. The Bertz CT molecular complexity index is 745. The molecule has 1 fully saturated rings. The molecule has 27 heavy (non-hydrogen) atoms. The molecular formula is C19H22F2N4O2. The molecule has 2 aromatic heterocycles. The van der Waals surface area contributed by atoms with Crippen LogP contribution in [-0.4, -0.2) is 40.5 Å². The number of alkyl halides is 2. The number of piperidine rings is 1. The van der Waals surface area contributed by atoms with Gasteiger partial charge in [0.25, 0.3) is 5.91 Å². The minimum absolute atomic E-state index is 0.0113. The molecule has 6 nitrogen and oxygen atoms in total. The maximum absolute atomic E-state index is 12.5. The van der Waals surface area contributed by atoms with E-state index in [4.69, 9.17) is 0 Å². The van der Waals surface area contributed by atoms with E-state index < -0.39 is 6.61 Å². The topological polar surface area (TPSA) is 67.4 Å². The lowest BCUT2D eigenvalue weighted by molar-refractivity contribution is -0.0500. The average Bonchev–Trinajstić information content (AvgIpc) is 2.67. The smallest absolute Gasteiger partial charge is 0.387 e. The van der Waals surface area contributed by atoms with Crippen LogP contribution < -0.4 is 10.1 Å². The van der Waals surface area contributed by atoms with Crippen LogP contribution in [-0.2, 0) is 6.54 Å². The average molecular weight is 376 g/mol. The van der Waals surface area contributed by atoms with Gasteiger partial charge in [-0.3, -0.25) is 9.78 Å². The zero-order chi connectivity index (χ0) is 19.2. The molecular weight excluding hydrogens is 354 g/mol. The van der Waals surface area contributed by atoms with Crippen LogP contribution in [0.15, 0.2) is 36.7 Å². The number of aromatic nitrogens is 2. The van der Waals surface area contributed by atoms with Crippen molar-refractivity contribution in [2.75, 3.05) is 18.4 Å². The first-order chi connectivity index (χ1) is 13.0. The van der Waals surface area contributed by atoms with Gasteiger partial charge in [0.1, 0.15) is 11.6 Å². The monoisotopic (exact) mass is 376 g/mol. The highest BCUT2D eigenvalue weighted by molar-refractivity contribution is 5.94. The third kappa shape index (κ3) is 5.35. The number of carbonyl (C=O) groups is 1. The predicted octanol–water partition coefficient (Wildman–Crippen LogP) is 3.56. The minimum Gasteiger partial charge on any atom is -0.433 e. The molecule has 0 aliphatic carbocycles. The van der Waals surface area contributed by atoms with E-state index in [1.807, 2.05) is 4.90 Å². The SMILES string of the molecule is CC1CCN(C(=O)c2ccc(NCc3ccc(OC(F)F)cn3)nc2)CC1. The lowest BCUT2D eigenvalue weighted by Gasteiger charge is -2.30. The molecule has 8 heteroatoms. The van der Waals surface area contributed by atoms with E-state index in [0.29, 0.717) is 29.5 Å². The van der Waals surface area contributed by atoms with E-state index in [9.17, 15) is 13.6 Å². The Balaban J connectivity index is 1.52. The van der Waals surface area contributed by atoms with Gasteiger partial charge in [0, 0.05) is 19.3 Å². The van der Waals surface area contributed by atoms with Crippen LogP contribution in [0.4, 0.5) is 14.6 Å². The van der Waals surface area contributed by atoms with Crippen LogP contribution in [0.1, 0.15) is 35.8 Å². The number of halogens is 2. The predicted molar refractivity (Wildman–Crippen MR) is 96.7 cm³/mol. The van der Waals surface area contributed by atoms with Crippen LogP contribution in [0.3, 0.4) is 0 Å². The highest BCUT2D eigenvalue weighted by Crippen LogP contribution is 2.18. The van der Waals surface area contributed by atoms with Crippen LogP contribution in [0.5, 0.6) is 5.75 Å². The van der Waals surface area contributed by atoms with Gasteiger partial charge in [0.2, 0.25) is 0 Å². The van der Waals surface area contributed by atoms with E-state index in [1.54, 1.807) is 24.4 Å². The van der Waals surface area contributed by atoms with Crippen molar-refractivity contribution in [1.29, 1.82) is 0 Å². The van der Waals surface area contributed by atoms with Gasteiger partial charge in [0.05, 0.1) is 24.0 Å². The molecule has 0 radical (unpaired) electrons. The summed E-state index contributed by atoms with van der Waals surface area (Å²) in [7, 11) is 0. The fourth-order valence-electron chi connectivity index (χ4n) is 2.89. The lowest BCUT2D eigenvalue weighted by Crippen LogP contribution is -2.37. The van der Waals surface area contributed by atoms with Crippen molar-refractivity contribution >= 4 is 11.7 Å². The van der Waals surface area contributed by atoms with E-state index in [1.165, 1.54) is 12.3 Å². The third-order valence-corrected chi connectivity index (χ3v) is 4.55. The lowest BCUT2D eigenvalue weighted by atomic mass is 9.99. The molecule has 2 aromatic rings. The van der Waals surface area contributed by atoms with Gasteiger partial charge in [-0.25, -0.2) is 4.98 Å². The first-order valence-electron chi connectivity index (χ1n) is 8.90. The molecule has 0 aromatic carbocycles. The van der Waals surface area contributed by atoms with Crippen molar-refractivity contribution in [3.63, 3.8) is 0 Å². The Morgan fingerprint density at radius 1 is 1.22 bits per heavy atom. The Hall–Kier alpha value is -2.77. The normalized spacial score (nSPS) is 15.0. The van der Waals surface area contributed by atoms with Gasteiger partial charge >= 0.3 is 6.61 Å². The minimum atomic E-state index is -2.87. The molecule has 0 bridgehead atoms. The summed E-state index contributed by atoms with van der Waals surface area (Å²) in [6, 6.07) is 6.53. The van der Waals surface area contributed by atoms with E-state index in [2.05, 4.69) is 26.9 Å². The van der Waals surface area contributed by atoms with E-state index >= 15 is 0 Å². The maximum Gasteiger partial charge on any atom is 0.387 e. The number of amides is 1. The molecule has 0 atom stereocenters. The number of pyridine rings is 2. The summed E-state index contributed by atoms with van der Waals surface area (Å²) < 4.78 is 28.5. The number of nitrogens with one attached hydrogen (secondary N) is 1.